The normalized spacial score (nSPS) is 32.6. The summed E-state index contributed by atoms with van der Waals surface area (Å²) in [5.74, 6) is 0.878. The van der Waals surface area contributed by atoms with Gasteiger partial charge in [0.15, 0.2) is 0 Å². The standard InChI is InChI=1S/C13H27NO2/c1-4-12-5-7-13(10-14,8-6-12)16-9-11(2)15-3/h11-12H,4-10,14H2,1-3H3. The highest BCUT2D eigenvalue weighted by atomic mass is 16.5. The van der Waals surface area contributed by atoms with Crippen LogP contribution in [0.5, 0.6) is 0 Å². The quantitative estimate of drug-likeness (QED) is 0.760. The van der Waals surface area contributed by atoms with Gasteiger partial charge < -0.3 is 15.2 Å². The van der Waals surface area contributed by atoms with Crippen molar-refractivity contribution < 1.29 is 9.47 Å². The molecular formula is C13H27NO2. The molecule has 2 N–H and O–H groups in total. The molecular weight excluding hydrogens is 202 g/mol. The molecule has 1 atom stereocenters. The van der Waals surface area contributed by atoms with Gasteiger partial charge >= 0.3 is 0 Å². The van der Waals surface area contributed by atoms with Crippen molar-refractivity contribution >= 4 is 0 Å². The predicted molar refractivity (Wildman–Crippen MR) is 66.5 cm³/mol. The molecule has 0 spiro atoms. The molecule has 0 saturated heterocycles. The largest absolute Gasteiger partial charge is 0.379 e. The fraction of sp³-hybridized carbons (Fsp3) is 1.00. The molecule has 1 fully saturated rings. The lowest BCUT2D eigenvalue weighted by Crippen LogP contribution is -2.45. The highest BCUT2D eigenvalue weighted by molar-refractivity contribution is 4.88. The average molecular weight is 229 g/mol. The zero-order valence-corrected chi connectivity index (χ0v) is 11.0. The maximum atomic E-state index is 6.02. The van der Waals surface area contributed by atoms with Crippen molar-refractivity contribution in [3.05, 3.63) is 0 Å². The van der Waals surface area contributed by atoms with Gasteiger partial charge in [-0.05, 0) is 38.5 Å². The minimum Gasteiger partial charge on any atom is -0.379 e. The summed E-state index contributed by atoms with van der Waals surface area (Å²) in [6.07, 6.45) is 6.18. The van der Waals surface area contributed by atoms with Crippen LogP contribution in [0.4, 0.5) is 0 Å². The van der Waals surface area contributed by atoms with Crippen LogP contribution >= 0.6 is 0 Å². The first-order chi connectivity index (χ1) is 7.65. The average Bonchev–Trinajstić information content (AvgIpc) is 2.36. The van der Waals surface area contributed by atoms with E-state index in [-0.39, 0.29) is 11.7 Å². The molecule has 1 unspecified atom stereocenters. The molecule has 1 aliphatic rings. The number of rotatable bonds is 6. The van der Waals surface area contributed by atoms with Crippen LogP contribution in [0.15, 0.2) is 0 Å². The summed E-state index contributed by atoms with van der Waals surface area (Å²) in [5, 5.41) is 0. The minimum absolute atomic E-state index is 0.0710. The van der Waals surface area contributed by atoms with Crippen molar-refractivity contribution in [2.45, 2.75) is 57.7 Å². The van der Waals surface area contributed by atoms with Crippen LogP contribution < -0.4 is 5.73 Å². The fourth-order valence-electron chi connectivity index (χ4n) is 2.38. The molecule has 1 aliphatic carbocycles. The molecule has 1 rings (SSSR count). The van der Waals surface area contributed by atoms with Gasteiger partial charge in [0.2, 0.25) is 0 Å². The van der Waals surface area contributed by atoms with Crippen molar-refractivity contribution in [1.82, 2.24) is 0 Å². The molecule has 0 radical (unpaired) electrons. The number of methoxy groups -OCH3 is 1. The molecule has 0 aromatic rings. The first kappa shape index (κ1) is 13.9. The third-order valence-corrected chi connectivity index (χ3v) is 3.99. The Hall–Kier alpha value is -0.120. The molecule has 3 nitrogen and oxygen atoms in total. The van der Waals surface area contributed by atoms with Crippen LogP contribution in [0.25, 0.3) is 0 Å². The Morgan fingerprint density at radius 2 is 2.00 bits per heavy atom. The molecule has 1 saturated carbocycles. The second-order valence-corrected chi connectivity index (χ2v) is 5.10. The molecule has 0 aromatic carbocycles. The lowest BCUT2D eigenvalue weighted by molar-refractivity contribution is -0.102. The SMILES string of the molecule is CCC1CCC(CN)(OCC(C)OC)CC1. The van der Waals surface area contributed by atoms with E-state index in [4.69, 9.17) is 15.2 Å². The summed E-state index contributed by atoms with van der Waals surface area (Å²) >= 11 is 0. The first-order valence-electron chi connectivity index (χ1n) is 6.52. The van der Waals surface area contributed by atoms with E-state index < -0.39 is 0 Å². The Bertz CT molecular complexity index is 188. The molecule has 3 heteroatoms. The Labute approximate surface area is 99.7 Å². The van der Waals surface area contributed by atoms with Crippen LogP contribution in [0.3, 0.4) is 0 Å². The van der Waals surface area contributed by atoms with Gasteiger partial charge in [-0.15, -0.1) is 0 Å². The predicted octanol–water partition coefficient (Wildman–Crippen LogP) is 2.34. The zero-order chi connectivity index (χ0) is 12.0. The molecule has 0 aliphatic heterocycles. The summed E-state index contributed by atoms with van der Waals surface area (Å²) in [7, 11) is 1.72. The van der Waals surface area contributed by atoms with E-state index in [9.17, 15) is 0 Å². The lowest BCUT2D eigenvalue weighted by Gasteiger charge is -2.39. The summed E-state index contributed by atoms with van der Waals surface area (Å²) < 4.78 is 11.2. The second kappa shape index (κ2) is 6.58. The summed E-state index contributed by atoms with van der Waals surface area (Å²) in [4.78, 5) is 0. The van der Waals surface area contributed by atoms with Crippen LogP contribution in [-0.4, -0.2) is 32.0 Å². The van der Waals surface area contributed by atoms with Crippen molar-refractivity contribution in [3.63, 3.8) is 0 Å². The van der Waals surface area contributed by atoms with E-state index in [1.807, 2.05) is 6.92 Å². The summed E-state index contributed by atoms with van der Waals surface area (Å²) in [6, 6.07) is 0. The third-order valence-electron chi connectivity index (χ3n) is 3.99. The van der Waals surface area contributed by atoms with Crippen molar-refractivity contribution in [1.29, 1.82) is 0 Å². The third kappa shape index (κ3) is 3.72. The van der Waals surface area contributed by atoms with Gasteiger partial charge in [-0.25, -0.2) is 0 Å². The molecule has 16 heavy (non-hydrogen) atoms. The molecule has 96 valence electrons. The van der Waals surface area contributed by atoms with Crippen molar-refractivity contribution in [3.8, 4) is 0 Å². The van der Waals surface area contributed by atoms with E-state index in [1.165, 1.54) is 19.3 Å². The number of nitrogens with two attached hydrogens (primary N) is 1. The number of ether oxygens (including phenoxy) is 2. The minimum atomic E-state index is -0.0710. The first-order valence-corrected chi connectivity index (χ1v) is 6.52. The lowest BCUT2D eigenvalue weighted by atomic mass is 9.77. The van der Waals surface area contributed by atoms with E-state index in [0.717, 1.165) is 18.8 Å². The van der Waals surface area contributed by atoms with E-state index in [1.54, 1.807) is 7.11 Å². The van der Waals surface area contributed by atoms with Gasteiger partial charge in [-0.2, -0.15) is 0 Å². The fourth-order valence-corrected chi connectivity index (χ4v) is 2.38. The smallest absolute Gasteiger partial charge is 0.0805 e. The van der Waals surface area contributed by atoms with Gasteiger partial charge in [-0.1, -0.05) is 13.3 Å². The van der Waals surface area contributed by atoms with Crippen LogP contribution in [0, 0.1) is 5.92 Å². The van der Waals surface area contributed by atoms with E-state index in [0.29, 0.717) is 13.2 Å². The van der Waals surface area contributed by atoms with Crippen LogP contribution in [0.2, 0.25) is 0 Å². The van der Waals surface area contributed by atoms with Gasteiger partial charge in [0, 0.05) is 13.7 Å². The number of hydrogen-bond donors (Lipinski definition) is 1. The number of hydrogen-bond acceptors (Lipinski definition) is 3. The zero-order valence-electron chi connectivity index (χ0n) is 11.0. The maximum absolute atomic E-state index is 6.02. The van der Waals surface area contributed by atoms with E-state index in [2.05, 4.69) is 6.92 Å². The Morgan fingerprint density at radius 3 is 2.44 bits per heavy atom. The van der Waals surface area contributed by atoms with Gasteiger partial charge in [0.25, 0.3) is 0 Å². The second-order valence-electron chi connectivity index (χ2n) is 5.10. The molecule has 0 heterocycles. The highest BCUT2D eigenvalue weighted by Crippen LogP contribution is 2.35. The van der Waals surface area contributed by atoms with Crippen molar-refractivity contribution in [2.24, 2.45) is 11.7 Å². The highest BCUT2D eigenvalue weighted by Gasteiger charge is 2.34. The summed E-state index contributed by atoms with van der Waals surface area (Å²) in [5.41, 5.74) is 5.82. The summed E-state index contributed by atoms with van der Waals surface area (Å²) in [6.45, 7) is 5.60. The Balaban J connectivity index is 2.40. The van der Waals surface area contributed by atoms with Crippen LogP contribution in [-0.2, 0) is 9.47 Å². The maximum Gasteiger partial charge on any atom is 0.0805 e. The van der Waals surface area contributed by atoms with Crippen LogP contribution in [0.1, 0.15) is 46.0 Å². The Kier molecular flexibility index (Phi) is 5.73. The monoisotopic (exact) mass is 229 g/mol. The van der Waals surface area contributed by atoms with Gasteiger partial charge in [-0.3, -0.25) is 0 Å². The van der Waals surface area contributed by atoms with Crippen molar-refractivity contribution in [2.75, 3.05) is 20.3 Å². The topological polar surface area (TPSA) is 44.5 Å². The van der Waals surface area contributed by atoms with Gasteiger partial charge in [0.1, 0.15) is 0 Å². The van der Waals surface area contributed by atoms with E-state index >= 15 is 0 Å². The molecule has 0 aromatic heterocycles. The Morgan fingerprint density at radius 1 is 1.38 bits per heavy atom. The molecule has 0 bridgehead atoms. The van der Waals surface area contributed by atoms with Gasteiger partial charge in [0.05, 0.1) is 18.3 Å². The molecule has 0 amide bonds.